The summed E-state index contributed by atoms with van der Waals surface area (Å²) < 4.78 is 32.0. The van der Waals surface area contributed by atoms with E-state index in [-0.39, 0.29) is 11.1 Å². The monoisotopic (exact) mass is 532 g/mol. The molecule has 192 valence electrons. The summed E-state index contributed by atoms with van der Waals surface area (Å²) in [5.74, 6) is -2.11. The highest BCUT2D eigenvalue weighted by atomic mass is 19.3. The predicted molar refractivity (Wildman–Crippen MR) is 152 cm³/mol. The van der Waals surface area contributed by atoms with Crippen LogP contribution in [-0.2, 0) is 5.92 Å². The van der Waals surface area contributed by atoms with Gasteiger partial charge in [-0.05, 0) is 58.7 Å². The van der Waals surface area contributed by atoms with Gasteiger partial charge in [0.05, 0.1) is 17.2 Å². The molecule has 0 fully saturated rings. The lowest BCUT2D eigenvalue weighted by Crippen LogP contribution is -2.11. The van der Waals surface area contributed by atoms with Crippen LogP contribution in [0.2, 0.25) is 0 Å². The normalized spacial score (nSPS) is 12.6. The van der Waals surface area contributed by atoms with Gasteiger partial charge in [0.2, 0.25) is 0 Å². The van der Waals surface area contributed by atoms with E-state index in [0.717, 1.165) is 11.1 Å². The second kappa shape index (κ2) is 9.48. The van der Waals surface area contributed by atoms with Crippen LogP contribution in [0.4, 0.5) is 8.78 Å². The fourth-order valence-corrected chi connectivity index (χ4v) is 5.10. The molecule has 0 bridgehead atoms. The quantitative estimate of drug-likeness (QED) is 0.230. The summed E-state index contributed by atoms with van der Waals surface area (Å²) in [6, 6.07) is 39.8. The van der Waals surface area contributed by atoms with E-state index in [4.69, 9.17) is 5.26 Å². The SMILES string of the molecule is N#Cc1ccc(-c2ccc3c(c2)C(F)(F)c2cc(-c4nc(-c5c#cccc5)nc(-c5ccccc5)n4)ccc2-3)cc1. The fourth-order valence-electron chi connectivity index (χ4n) is 5.10. The third kappa shape index (κ3) is 4.19. The molecule has 1 aliphatic rings. The summed E-state index contributed by atoms with van der Waals surface area (Å²) in [6.07, 6.45) is 0. The maximum atomic E-state index is 16.0. The molecule has 0 amide bonds. The number of rotatable bonds is 4. The van der Waals surface area contributed by atoms with Gasteiger partial charge in [0.15, 0.2) is 17.5 Å². The molecule has 0 radical (unpaired) electrons. The minimum absolute atomic E-state index is 0.0535. The Morgan fingerprint density at radius 3 is 1.88 bits per heavy atom. The number of hydrogen-bond donors (Lipinski definition) is 0. The van der Waals surface area contributed by atoms with Crippen LogP contribution in [0.5, 0.6) is 0 Å². The molecule has 1 aliphatic carbocycles. The molecule has 0 unspecified atom stereocenters. The van der Waals surface area contributed by atoms with Gasteiger partial charge in [-0.2, -0.15) is 14.0 Å². The van der Waals surface area contributed by atoms with Crippen LogP contribution in [0.3, 0.4) is 0 Å². The van der Waals surface area contributed by atoms with Crippen molar-refractivity contribution in [1.29, 1.82) is 5.26 Å². The van der Waals surface area contributed by atoms with Crippen molar-refractivity contribution in [3.63, 3.8) is 0 Å². The number of fused-ring (bicyclic) bond motifs is 3. The Balaban J connectivity index is 1.33. The number of aromatic nitrogens is 3. The van der Waals surface area contributed by atoms with Gasteiger partial charge in [0.1, 0.15) is 0 Å². The van der Waals surface area contributed by atoms with E-state index in [1.165, 1.54) is 12.1 Å². The van der Waals surface area contributed by atoms with Gasteiger partial charge >= 0.3 is 0 Å². The number of benzene rings is 4. The molecule has 0 N–H and O–H groups in total. The van der Waals surface area contributed by atoms with Gasteiger partial charge in [-0.15, -0.1) is 0 Å². The molecule has 5 aromatic carbocycles. The van der Waals surface area contributed by atoms with Crippen molar-refractivity contribution >= 4 is 0 Å². The molecule has 0 aliphatic heterocycles. The van der Waals surface area contributed by atoms with E-state index < -0.39 is 5.92 Å². The second-order valence-corrected chi connectivity index (χ2v) is 9.67. The van der Waals surface area contributed by atoms with Crippen molar-refractivity contribution in [3.05, 3.63) is 138 Å². The molecular weight excluding hydrogens is 514 g/mol. The van der Waals surface area contributed by atoms with Crippen LogP contribution >= 0.6 is 0 Å². The maximum Gasteiger partial charge on any atom is 0.299 e. The number of hydrogen-bond acceptors (Lipinski definition) is 4. The average molecular weight is 533 g/mol. The average Bonchev–Trinajstić information content (AvgIpc) is 3.27. The van der Waals surface area contributed by atoms with Crippen molar-refractivity contribution in [2.75, 3.05) is 0 Å². The largest absolute Gasteiger partial charge is 0.299 e. The van der Waals surface area contributed by atoms with Gasteiger partial charge in [-0.3, -0.25) is 0 Å². The number of halogens is 2. The Kier molecular flexibility index (Phi) is 5.63. The zero-order valence-electron chi connectivity index (χ0n) is 21.4. The molecular formula is C35H18F2N4. The van der Waals surface area contributed by atoms with E-state index in [1.54, 1.807) is 48.5 Å². The molecule has 7 rings (SSSR count). The zero-order valence-corrected chi connectivity index (χ0v) is 21.4. The van der Waals surface area contributed by atoms with Crippen LogP contribution in [0.1, 0.15) is 16.7 Å². The molecule has 1 heterocycles. The number of alkyl halides is 2. The van der Waals surface area contributed by atoms with Crippen molar-refractivity contribution in [1.82, 2.24) is 15.0 Å². The topological polar surface area (TPSA) is 62.5 Å². The predicted octanol–water partition coefficient (Wildman–Crippen LogP) is 8.13. The summed E-state index contributed by atoms with van der Waals surface area (Å²) in [5.41, 5.74) is 4.63. The van der Waals surface area contributed by atoms with E-state index in [2.05, 4.69) is 33.2 Å². The van der Waals surface area contributed by atoms with E-state index in [1.807, 2.05) is 48.5 Å². The smallest absolute Gasteiger partial charge is 0.208 e. The summed E-state index contributed by atoms with van der Waals surface area (Å²) in [5, 5.41) is 9.08. The first kappa shape index (κ1) is 24.3. The van der Waals surface area contributed by atoms with E-state index >= 15 is 8.78 Å². The Morgan fingerprint density at radius 2 is 1.22 bits per heavy atom. The van der Waals surface area contributed by atoms with E-state index in [9.17, 15) is 0 Å². The highest BCUT2D eigenvalue weighted by molar-refractivity contribution is 5.84. The third-order valence-corrected chi connectivity index (χ3v) is 7.17. The lowest BCUT2D eigenvalue weighted by Gasteiger charge is -2.14. The van der Waals surface area contributed by atoms with Crippen molar-refractivity contribution in [2.24, 2.45) is 0 Å². The van der Waals surface area contributed by atoms with Gasteiger partial charge in [-0.1, -0.05) is 84.9 Å². The Bertz CT molecular complexity index is 1910. The lowest BCUT2D eigenvalue weighted by atomic mass is 9.98. The minimum atomic E-state index is -3.22. The number of nitrogens with zero attached hydrogens (tertiary/aromatic N) is 4. The highest BCUT2D eigenvalue weighted by Gasteiger charge is 2.44. The molecule has 0 atom stereocenters. The van der Waals surface area contributed by atoms with Crippen molar-refractivity contribution < 1.29 is 8.78 Å². The van der Waals surface area contributed by atoms with Crippen molar-refractivity contribution in [3.8, 4) is 62.5 Å². The van der Waals surface area contributed by atoms with Crippen LogP contribution in [-0.4, -0.2) is 15.0 Å². The van der Waals surface area contributed by atoms with Gasteiger partial charge in [-0.25, -0.2) is 15.0 Å². The number of nitriles is 1. The van der Waals surface area contributed by atoms with Gasteiger partial charge < -0.3 is 0 Å². The molecule has 6 aromatic rings. The first-order valence-corrected chi connectivity index (χ1v) is 12.9. The molecule has 0 saturated heterocycles. The fraction of sp³-hybridized carbons (Fsp3) is 0.0286. The van der Waals surface area contributed by atoms with Gasteiger partial charge in [0, 0.05) is 22.3 Å². The standard InChI is InChI=1S/C35H18F2N4/c36-35(37)30-19-26(23-13-11-22(21-38)12-14-23)15-17-28(30)29-18-16-27(20-31(29)35)34-40-32(24-7-3-1-4-8-24)39-33(41-34)25-9-5-2-6-10-25/h1-5,7-9,11-20H. The first-order valence-electron chi connectivity index (χ1n) is 12.9. The second-order valence-electron chi connectivity index (χ2n) is 9.67. The zero-order chi connectivity index (χ0) is 28.0. The summed E-state index contributed by atoms with van der Waals surface area (Å²) in [7, 11) is 0. The van der Waals surface area contributed by atoms with Crippen molar-refractivity contribution in [2.45, 2.75) is 5.92 Å². The van der Waals surface area contributed by atoms with E-state index in [0.29, 0.717) is 50.9 Å². The Hall–Kier alpha value is -5.72. The minimum Gasteiger partial charge on any atom is -0.208 e. The molecule has 0 saturated carbocycles. The molecule has 1 aromatic heterocycles. The maximum absolute atomic E-state index is 16.0. The highest BCUT2D eigenvalue weighted by Crippen LogP contribution is 2.52. The molecule has 0 spiro atoms. The molecule has 6 heteroatoms. The molecule has 4 nitrogen and oxygen atoms in total. The van der Waals surface area contributed by atoms with Crippen LogP contribution in [0, 0.1) is 23.5 Å². The Labute approximate surface area is 235 Å². The van der Waals surface area contributed by atoms with Gasteiger partial charge in [0.25, 0.3) is 5.92 Å². The van der Waals surface area contributed by atoms with Crippen LogP contribution in [0.15, 0.2) is 109 Å². The summed E-state index contributed by atoms with van der Waals surface area (Å²) in [6.45, 7) is 0. The molecule has 41 heavy (non-hydrogen) atoms. The first-order chi connectivity index (χ1) is 20.0. The third-order valence-electron chi connectivity index (χ3n) is 7.17. The van der Waals surface area contributed by atoms with Crippen LogP contribution in [0.25, 0.3) is 56.4 Å². The Morgan fingerprint density at radius 1 is 0.610 bits per heavy atom. The summed E-state index contributed by atoms with van der Waals surface area (Å²) in [4.78, 5) is 14.0. The van der Waals surface area contributed by atoms with Crippen LogP contribution < -0.4 is 0 Å². The lowest BCUT2D eigenvalue weighted by molar-refractivity contribution is 0.0481. The summed E-state index contributed by atoms with van der Waals surface area (Å²) >= 11 is 0.